The lowest BCUT2D eigenvalue weighted by Crippen LogP contribution is -2.37. The molecule has 0 bridgehead atoms. The molecule has 238 valence electrons. The van der Waals surface area contributed by atoms with Crippen molar-refractivity contribution in [3.05, 3.63) is 130 Å². The highest BCUT2D eigenvalue weighted by Gasteiger charge is 2.19. The minimum Gasteiger partial charge on any atom is -0.387 e. The van der Waals surface area contributed by atoms with Gasteiger partial charge in [0.15, 0.2) is 0 Å². The predicted octanol–water partition coefficient (Wildman–Crippen LogP) is 3.73. The van der Waals surface area contributed by atoms with Gasteiger partial charge in [-0.15, -0.1) is 0 Å². The summed E-state index contributed by atoms with van der Waals surface area (Å²) in [7, 11) is 0. The van der Waals surface area contributed by atoms with Crippen molar-refractivity contribution in [2.45, 2.75) is 64.4 Å². The van der Waals surface area contributed by atoms with Gasteiger partial charge in [-0.1, -0.05) is 72.8 Å². The second-order valence-corrected chi connectivity index (χ2v) is 11.3. The Labute approximate surface area is 266 Å². The first-order valence-electron chi connectivity index (χ1n) is 15.0. The molecule has 0 fully saturated rings. The number of benzene rings is 3. The molecular weight excluding hydrogens is 566 g/mol. The fourth-order valence-electron chi connectivity index (χ4n) is 4.60. The Morgan fingerprint density at radius 2 is 1.53 bits per heavy atom. The van der Waals surface area contributed by atoms with Gasteiger partial charge in [0.2, 0.25) is 5.91 Å². The number of hydrogen-bond acceptors (Lipinski definition) is 7. The molecule has 0 saturated heterocycles. The summed E-state index contributed by atoms with van der Waals surface area (Å²) in [4.78, 5) is 28.9. The summed E-state index contributed by atoms with van der Waals surface area (Å²) >= 11 is 0. The monoisotopic (exact) mass is 611 g/mol. The molecular formula is C36H45N5O4. The topological polar surface area (TPSA) is 149 Å². The zero-order chi connectivity index (χ0) is 32.8. The fourth-order valence-corrected chi connectivity index (χ4v) is 4.60. The second kappa shape index (κ2) is 17.7. The molecule has 0 aliphatic carbocycles. The van der Waals surface area contributed by atoms with Crippen molar-refractivity contribution < 1.29 is 19.8 Å². The van der Waals surface area contributed by atoms with E-state index in [4.69, 9.17) is 5.73 Å². The first-order chi connectivity index (χ1) is 21.5. The van der Waals surface area contributed by atoms with Crippen LogP contribution in [0.3, 0.4) is 0 Å². The molecule has 0 spiro atoms. The number of carbonyl (C=O) groups is 2. The highest BCUT2D eigenvalue weighted by atomic mass is 16.3. The van der Waals surface area contributed by atoms with Gasteiger partial charge in [0.05, 0.1) is 24.7 Å². The van der Waals surface area contributed by atoms with E-state index in [1.165, 1.54) is 0 Å². The Kier molecular flexibility index (Phi) is 13.7. The van der Waals surface area contributed by atoms with E-state index in [0.29, 0.717) is 24.5 Å². The zero-order valence-electron chi connectivity index (χ0n) is 26.2. The van der Waals surface area contributed by atoms with E-state index >= 15 is 0 Å². The zero-order valence-corrected chi connectivity index (χ0v) is 26.2. The van der Waals surface area contributed by atoms with Crippen LogP contribution in [0.2, 0.25) is 0 Å². The molecule has 0 saturated carbocycles. The lowest BCUT2D eigenvalue weighted by atomic mass is 10.0. The standard InChI is InChI=1S/C36H45N5O4/c1-24(10-19-33(37)38-4)32(42)23-39-25(2)20-27-11-13-28(14-12-27)21-34(43)40-22-29-15-17-31(18-16-29)36(45)41-26(3)35(44)30-8-6-5-7-9-30/h5-19,25-26,32,35,39,42,44H,4,20-23,37H2,1-3H3,(H,40,43)(H,41,45)/b24-10+,33-19-/t25?,26-,32-,35-/m0/s1. The van der Waals surface area contributed by atoms with E-state index in [9.17, 15) is 19.8 Å². The van der Waals surface area contributed by atoms with Crippen molar-refractivity contribution in [2.24, 2.45) is 10.7 Å². The Hall–Kier alpha value is -4.57. The van der Waals surface area contributed by atoms with Crippen LogP contribution >= 0.6 is 0 Å². The second-order valence-electron chi connectivity index (χ2n) is 11.3. The van der Waals surface area contributed by atoms with E-state index < -0.39 is 18.2 Å². The highest BCUT2D eigenvalue weighted by molar-refractivity contribution is 5.94. The van der Waals surface area contributed by atoms with Gasteiger partial charge in [-0.05, 0) is 79.9 Å². The predicted molar refractivity (Wildman–Crippen MR) is 180 cm³/mol. The number of rotatable bonds is 16. The summed E-state index contributed by atoms with van der Waals surface area (Å²) < 4.78 is 0. The smallest absolute Gasteiger partial charge is 0.251 e. The molecule has 45 heavy (non-hydrogen) atoms. The maximum absolute atomic E-state index is 12.7. The summed E-state index contributed by atoms with van der Waals surface area (Å²) in [6.07, 6.45) is 2.92. The Bertz CT molecular complexity index is 1450. The molecule has 1 unspecified atom stereocenters. The van der Waals surface area contributed by atoms with Gasteiger partial charge in [0.25, 0.3) is 5.91 Å². The number of nitrogens with zero attached hydrogens (tertiary/aromatic N) is 1. The van der Waals surface area contributed by atoms with Crippen LogP contribution in [-0.2, 0) is 24.2 Å². The quantitative estimate of drug-likeness (QED) is 0.107. The van der Waals surface area contributed by atoms with E-state index in [0.717, 1.165) is 34.2 Å². The average Bonchev–Trinajstić information content (AvgIpc) is 3.06. The maximum atomic E-state index is 12.7. The van der Waals surface area contributed by atoms with Crippen molar-refractivity contribution in [2.75, 3.05) is 6.54 Å². The molecule has 3 aromatic rings. The Morgan fingerprint density at radius 1 is 0.911 bits per heavy atom. The third-order valence-electron chi connectivity index (χ3n) is 7.49. The summed E-state index contributed by atoms with van der Waals surface area (Å²) in [6, 6.07) is 23.9. The van der Waals surface area contributed by atoms with E-state index in [1.807, 2.05) is 61.5 Å². The van der Waals surface area contributed by atoms with Gasteiger partial charge in [0.1, 0.15) is 5.82 Å². The summed E-state index contributed by atoms with van der Waals surface area (Å²) in [5.41, 5.74) is 10.5. The van der Waals surface area contributed by atoms with Crippen LogP contribution in [0.4, 0.5) is 0 Å². The van der Waals surface area contributed by atoms with Gasteiger partial charge < -0.3 is 31.9 Å². The van der Waals surface area contributed by atoms with E-state index in [-0.39, 0.29) is 24.3 Å². The van der Waals surface area contributed by atoms with Crippen LogP contribution < -0.4 is 21.7 Å². The molecule has 3 rings (SSSR count). The van der Waals surface area contributed by atoms with Crippen LogP contribution in [0.15, 0.2) is 107 Å². The molecule has 0 aliphatic rings. The molecule has 3 aromatic carbocycles. The first kappa shape index (κ1) is 34.9. The Morgan fingerprint density at radius 3 is 2.18 bits per heavy atom. The van der Waals surface area contributed by atoms with Crippen molar-refractivity contribution in [3.8, 4) is 0 Å². The number of nitrogens with one attached hydrogen (secondary N) is 3. The first-order valence-corrected chi connectivity index (χ1v) is 15.0. The van der Waals surface area contributed by atoms with Crippen molar-refractivity contribution >= 4 is 18.5 Å². The van der Waals surface area contributed by atoms with E-state index in [1.54, 1.807) is 43.3 Å². The lowest BCUT2D eigenvalue weighted by molar-refractivity contribution is -0.120. The molecule has 2 amide bonds. The van der Waals surface area contributed by atoms with Crippen LogP contribution in [-0.4, -0.2) is 53.5 Å². The summed E-state index contributed by atoms with van der Waals surface area (Å²) in [5.74, 6) is -0.0751. The third-order valence-corrected chi connectivity index (χ3v) is 7.49. The van der Waals surface area contributed by atoms with Crippen molar-refractivity contribution in [1.29, 1.82) is 0 Å². The molecule has 0 aliphatic heterocycles. The molecule has 0 aromatic heterocycles. The molecule has 0 radical (unpaired) electrons. The molecule has 7 N–H and O–H groups in total. The molecule has 4 atom stereocenters. The lowest BCUT2D eigenvalue weighted by Gasteiger charge is -2.20. The number of carbonyl (C=O) groups excluding carboxylic acids is 2. The number of amides is 2. The highest BCUT2D eigenvalue weighted by Crippen LogP contribution is 2.17. The number of aliphatic imine (C=N–C) groups is 1. The van der Waals surface area contributed by atoms with E-state index in [2.05, 4.69) is 34.6 Å². The number of nitrogens with two attached hydrogens (primary N) is 1. The van der Waals surface area contributed by atoms with Gasteiger partial charge in [-0.25, -0.2) is 4.99 Å². The molecule has 0 heterocycles. The van der Waals surface area contributed by atoms with Gasteiger partial charge >= 0.3 is 0 Å². The largest absolute Gasteiger partial charge is 0.387 e. The van der Waals surface area contributed by atoms with Crippen LogP contribution in [0.25, 0.3) is 0 Å². The number of hydrogen-bond donors (Lipinski definition) is 6. The number of allylic oxidation sites excluding steroid dienone is 2. The Balaban J connectivity index is 1.40. The molecule has 9 nitrogen and oxygen atoms in total. The van der Waals surface area contributed by atoms with Crippen LogP contribution in [0.5, 0.6) is 0 Å². The van der Waals surface area contributed by atoms with Gasteiger partial charge in [0, 0.05) is 24.7 Å². The summed E-state index contributed by atoms with van der Waals surface area (Å²) in [6.45, 7) is 9.77. The average molecular weight is 612 g/mol. The third kappa shape index (κ3) is 11.8. The molecule has 9 heteroatoms. The SMILES string of the molecule is C=N/C(N)=C\C=C(/C)[C@@H](O)CNC(C)Cc1ccc(CC(=O)NCc2ccc(C(=O)N[C@@H](C)[C@H](O)c3ccccc3)cc2)cc1. The number of aliphatic hydroxyl groups is 2. The van der Waals surface area contributed by atoms with Crippen molar-refractivity contribution in [1.82, 2.24) is 16.0 Å². The van der Waals surface area contributed by atoms with Gasteiger partial charge in [-0.3, -0.25) is 9.59 Å². The van der Waals surface area contributed by atoms with Crippen molar-refractivity contribution in [3.63, 3.8) is 0 Å². The number of aliphatic hydroxyl groups excluding tert-OH is 2. The minimum atomic E-state index is -0.811. The summed E-state index contributed by atoms with van der Waals surface area (Å²) in [5, 5.41) is 30.0. The minimum absolute atomic E-state index is 0.0961. The maximum Gasteiger partial charge on any atom is 0.251 e. The van der Waals surface area contributed by atoms with Crippen LogP contribution in [0, 0.1) is 0 Å². The fraction of sp³-hybridized carbons (Fsp3) is 0.306. The van der Waals surface area contributed by atoms with Gasteiger partial charge in [-0.2, -0.15) is 0 Å². The normalized spacial score (nSPS) is 14.6. The van der Waals surface area contributed by atoms with Crippen LogP contribution in [0.1, 0.15) is 59.5 Å².